The van der Waals surface area contributed by atoms with Gasteiger partial charge in [-0.3, -0.25) is 9.69 Å². The Morgan fingerprint density at radius 3 is 2.38 bits per heavy atom. The Morgan fingerprint density at radius 2 is 1.88 bits per heavy atom. The highest BCUT2D eigenvalue weighted by Gasteiger charge is 2.19. The third kappa shape index (κ3) is 4.87. The molecule has 1 unspecified atom stereocenters. The number of nitrogens with zero attached hydrogens (tertiary/aromatic N) is 1. The quantitative estimate of drug-likeness (QED) is 0.805. The molecule has 0 aliphatic heterocycles. The topological polar surface area (TPSA) is 50.8 Å². The summed E-state index contributed by atoms with van der Waals surface area (Å²) in [6.07, 6.45) is 0. The second-order valence-electron chi connectivity index (χ2n) is 5.39. The van der Waals surface area contributed by atoms with E-state index >= 15 is 0 Å². The smallest absolute Gasteiger partial charge is 0.241 e. The zero-order chi connectivity index (χ0) is 17.7. The highest BCUT2D eigenvalue weighted by atomic mass is 35.5. The van der Waals surface area contributed by atoms with E-state index in [-0.39, 0.29) is 11.9 Å². The molecular weight excluding hydrogens is 348 g/mol. The molecule has 1 N–H and O–H groups in total. The number of rotatable bonds is 7. The van der Waals surface area contributed by atoms with Crippen LogP contribution < -0.4 is 14.8 Å². The first kappa shape index (κ1) is 18.6. The second kappa shape index (κ2) is 8.37. The van der Waals surface area contributed by atoms with E-state index in [9.17, 15) is 4.79 Å². The lowest BCUT2D eigenvalue weighted by molar-refractivity contribution is -0.120. The molecule has 0 fully saturated rings. The monoisotopic (exact) mass is 368 g/mol. The first-order valence-electron chi connectivity index (χ1n) is 7.41. The molecule has 0 saturated carbocycles. The van der Waals surface area contributed by atoms with Crippen molar-refractivity contribution in [3.63, 3.8) is 0 Å². The number of thiophene rings is 1. The zero-order valence-electron chi connectivity index (χ0n) is 14.1. The second-order valence-corrected chi connectivity index (χ2v) is 7.19. The summed E-state index contributed by atoms with van der Waals surface area (Å²) in [5.74, 6) is 1.15. The van der Waals surface area contributed by atoms with Gasteiger partial charge in [0.2, 0.25) is 5.91 Å². The van der Waals surface area contributed by atoms with Crippen molar-refractivity contribution in [1.29, 1.82) is 0 Å². The van der Waals surface area contributed by atoms with Crippen LogP contribution >= 0.6 is 22.9 Å². The Morgan fingerprint density at radius 1 is 1.25 bits per heavy atom. The van der Waals surface area contributed by atoms with Crippen LogP contribution in [0.5, 0.6) is 11.5 Å². The number of hydrogen-bond acceptors (Lipinski definition) is 5. The molecule has 0 aliphatic carbocycles. The van der Waals surface area contributed by atoms with Crippen LogP contribution in [0.3, 0.4) is 0 Å². The van der Waals surface area contributed by atoms with Gasteiger partial charge in [0.05, 0.1) is 24.6 Å². The number of carbonyl (C=O) groups is 1. The molecule has 1 atom stereocenters. The van der Waals surface area contributed by atoms with Crippen LogP contribution in [0, 0.1) is 0 Å². The van der Waals surface area contributed by atoms with Gasteiger partial charge in [0.1, 0.15) is 11.5 Å². The molecule has 0 spiro atoms. The van der Waals surface area contributed by atoms with E-state index < -0.39 is 0 Å². The van der Waals surface area contributed by atoms with Crippen LogP contribution in [0.15, 0.2) is 30.3 Å². The van der Waals surface area contributed by atoms with E-state index in [1.54, 1.807) is 32.4 Å². The number of amides is 1. The molecule has 24 heavy (non-hydrogen) atoms. The van der Waals surface area contributed by atoms with Gasteiger partial charge in [-0.15, -0.1) is 11.3 Å². The summed E-state index contributed by atoms with van der Waals surface area (Å²) in [6, 6.07) is 8.80. The van der Waals surface area contributed by atoms with Crippen LogP contribution in [0.2, 0.25) is 4.34 Å². The summed E-state index contributed by atoms with van der Waals surface area (Å²) in [5, 5.41) is 2.90. The maximum Gasteiger partial charge on any atom is 0.241 e. The summed E-state index contributed by atoms with van der Waals surface area (Å²) in [6.45, 7) is 2.52. The van der Waals surface area contributed by atoms with Crippen LogP contribution in [-0.4, -0.2) is 38.1 Å². The molecule has 1 aromatic carbocycles. The van der Waals surface area contributed by atoms with E-state index in [1.807, 2.05) is 31.0 Å². The van der Waals surface area contributed by atoms with Crippen molar-refractivity contribution in [2.24, 2.45) is 0 Å². The first-order valence-corrected chi connectivity index (χ1v) is 8.60. The van der Waals surface area contributed by atoms with Gasteiger partial charge in [0, 0.05) is 35.3 Å². The number of hydrogen-bond donors (Lipinski definition) is 1. The van der Waals surface area contributed by atoms with E-state index in [4.69, 9.17) is 21.1 Å². The van der Waals surface area contributed by atoms with Crippen molar-refractivity contribution in [1.82, 2.24) is 4.90 Å². The number of nitrogens with one attached hydrogen (secondary N) is 1. The third-order valence-corrected chi connectivity index (χ3v) is 4.91. The Bertz CT molecular complexity index is 683. The van der Waals surface area contributed by atoms with Crippen LogP contribution in [0.4, 0.5) is 5.69 Å². The van der Waals surface area contributed by atoms with Gasteiger partial charge in [0.25, 0.3) is 0 Å². The number of benzene rings is 1. The van der Waals surface area contributed by atoms with Crippen molar-refractivity contribution >= 4 is 34.5 Å². The molecule has 5 nitrogen and oxygen atoms in total. The molecule has 0 radical (unpaired) electrons. The highest BCUT2D eigenvalue weighted by molar-refractivity contribution is 7.16. The molecule has 7 heteroatoms. The number of halogens is 1. The molecule has 0 saturated heterocycles. The minimum Gasteiger partial charge on any atom is -0.497 e. The Kier molecular flexibility index (Phi) is 6.48. The fraction of sp³-hybridized carbons (Fsp3) is 0.353. The summed E-state index contributed by atoms with van der Waals surface area (Å²) >= 11 is 7.47. The molecule has 0 bridgehead atoms. The predicted octanol–water partition coefficient (Wildman–Crippen LogP) is 3.88. The minimum absolute atomic E-state index is 0.101. The molecule has 1 heterocycles. The number of anilines is 1. The van der Waals surface area contributed by atoms with Gasteiger partial charge in [-0.25, -0.2) is 0 Å². The Balaban J connectivity index is 2.02. The van der Waals surface area contributed by atoms with E-state index in [2.05, 4.69) is 5.32 Å². The molecule has 2 aromatic rings. The van der Waals surface area contributed by atoms with Crippen LogP contribution in [0.25, 0.3) is 0 Å². The SMILES string of the molecule is COc1cc(NC(=O)C(C)N(C)Cc2ccc(Cl)s2)cc(OC)c1. The van der Waals surface area contributed by atoms with Crippen molar-refractivity contribution in [2.75, 3.05) is 26.6 Å². The van der Waals surface area contributed by atoms with Gasteiger partial charge in [-0.2, -0.15) is 0 Å². The minimum atomic E-state index is -0.303. The lowest BCUT2D eigenvalue weighted by atomic mass is 10.2. The highest BCUT2D eigenvalue weighted by Crippen LogP contribution is 2.26. The van der Waals surface area contributed by atoms with Gasteiger partial charge in [-0.05, 0) is 26.1 Å². The van der Waals surface area contributed by atoms with E-state index in [1.165, 1.54) is 11.3 Å². The Labute approximate surface area is 151 Å². The van der Waals surface area contributed by atoms with Gasteiger partial charge in [0.15, 0.2) is 0 Å². The van der Waals surface area contributed by atoms with Gasteiger partial charge >= 0.3 is 0 Å². The van der Waals surface area contributed by atoms with Crippen molar-refractivity contribution in [2.45, 2.75) is 19.5 Å². The average Bonchev–Trinajstić information content (AvgIpc) is 2.98. The van der Waals surface area contributed by atoms with Crippen molar-refractivity contribution in [3.05, 3.63) is 39.5 Å². The van der Waals surface area contributed by atoms with Crippen molar-refractivity contribution < 1.29 is 14.3 Å². The number of likely N-dealkylation sites (N-methyl/N-ethyl adjacent to an activating group) is 1. The first-order chi connectivity index (χ1) is 11.4. The lowest BCUT2D eigenvalue weighted by Gasteiger charge is -2.23. The summed E-state index contributed by atoms with van der Waals surface area (Å²) in [4.78, 5) is 15.6. The lowest BCUT2D eigenvalue weighted by Crippen LogP contribution is -2.39. The van der Waals surface area contributed by atoms with E-state index in [0.717, 1.165) is 9.21 Å². The average molecular weight is 369 g/mol. The number of methoxy groups -OCH3 is 2. The van der Waals surface area contributed by atoms with Crippen LogP contribution in [-0.2, 0) is 11.3 Å². The van der Waals surface area contributed by atoms with Gasteiger partial charge < -0.3 is 14.8 Å². The standard InChI is InChI=1S/C17H21ClN2O3S/c1-11(20(2)10-15-5-6-16(18)24-15)17(21)19-12-7-13(22-3)9-14(8-12)23-4/h5-9,11H,10H2,1-4H3,(H,19,21). The van der Waals surface area contributed by atoms with Crippen LogP contribution in [0.1, 0.15) is 11.8 Å². The molecule has 0 aliphatic rings. The molecule has 2 rings (SSSR count). The van der Waals surface area contributed by atoms with Crippen molar-refractivity contribution in [3.8, 4) is 11.5 Å². The maximum absolute atomic E-state index is 12.5. The number of ether oxygens (including phenoxy) is 2. The third-order valence-electron chi connectivity index (χ3n) is 3.69. The fourth-order valence-corrected chi connectivity index (χ4v) is 3.30. The maximum atomic E-state index is 12.5. The molecule has 130 valence electrons. The molecular formula is C17H21ClN2O3S. The largest absolute Gasteiger partial charge is 0.497 e. The predicted molar refractivity (Wildman–Crippen MR) is 98.4 cm³/mol. The summed E-state index contributed by atoms with van der Waals surface area (Å²) in [7, 11) is 5.05. The van der Waals surface area contributed by atoms with Gasteiger partial charge in [-0.1, -0.05) is 11.6 Å². The Hall–Kier alpha value is -1.76. The number of carbonyl (C=O) groups excluding carboxylic acids is 1. The summed E-state index contributed by atoms with van der Waals surface area (Å²) in [5.41, 5.74) is 0.635. The summed E-state index contributed by atoms with van der Waals surface area (Å²) < 4.78 is 11.2. The fourth-order valence-electron chi connectivity index (χ4n) is 2.15. The molecule has 1 amide bonds. The normalized spacial score (nSPS) is 12.1. The molecule has 1 aromatic heterocycles. The zero-order valence-corrected chi connectivity index (χ0v) is 15.7. The van der Waals surface area contributed by atoms with E-state index in [0.29, 0.717) is 23.7 Å².